The Morgan fingerprint density at radius 3 is 2.40 bits per heavy atom. The van der Waals surface area contributed by atoms with Crippen molar-refractivity contribution in [2.75, 3.05) is 7.11 Å². The van der Waals surface area contributed by atoms with Gasteiger partial charge in [0.05, 0.1) is 18.7 Å². The molecule has 0 heterocycles. The third-order valence-electron chi connectivity index (χ3n) is 3.37. The molecule has 0 saturated carbocycles. The molecule has 0 amide bonds. The van der Waals surface area contributed by atoms with E-state index in [9.17, 15) is 0 Å². The Morgan fingerprint density at radius 1 is 0.850 bits per heavy atom. The largest absolute Gasteiger partial charge is 0.497 e. The Balaban J connectivity index is 2.11. The molecule has 3 rings (SSSR count). The summed E-state index contributed by atoms with van der Waals surface area (Å²) in [7, 11) is 1.67. The van der Waals surface area contributed by atoms with Crippen LogP contribution in [-0.4, -0.2) is 7.11 Å². The Morgan fingerprint density at radius 2 is 1.60 bits per heavy atom. The average molecular weight is 259 g/mol. The number of nitriles is 1. The predicted molar refractivity (Wildman–Crippen MR) is 80.7 cm³/mol. The third-order valence-corrected chi connectivity index (χ3v) is 3.37. The molecule has 2 heteroatoms. The molecule has 0 aliphatic rings. The molecule has 96 valence electrons. The molecular weight excluding hydrogens is 246 g/mol. The molecule has 0 N–H and O–H groups in total. The summed E-state index contributed by atoms with van der Waals surface area (Å²) in [6, 6.07) is 22.1. The highest BCUT2D eigenvalue weighted by molar-refractivity contribution is 5.88. The van der Waals surface area contributed by atoms with E-state index >= 15 is 0 Å². The molecule has 0 radical (unpaired) electrons. The fourth-order valence-electron chi connectivity index (χ4n) is 2.30. The van der Waals surface area contributed by atoms with Crippen LogP contribution in [0.15, 0.2) is 60.7 Å². The first-order valence-corrected chi connectivity index (χ1v) is 6.38. The Bertz CT molecular complexity index is 815. The van der Waals surface area contributed by atoms with Gasteiger partial charge in [-0.05, 0) is 52.2 Å². The first kappa shape index (κ1) is 12.3. The van der Waals surface area contributed by atoms with E-state index < -0.39 is 0 Å². The lowest BCUT2D eigenvalue weighted by molar-refractivity contribution is 0.415. The topological polar surface area (TPSA) is 33.0 Å². The molecule has 0 bridgehead atoms. The lowest BCUT2D eigenvalue weighted by Gasteiger charge is -2.06. The maximum atomic E-state index is 8.92. The minimum atomic E-state index is 0.687. The molecule has 0 atom stereocenters. The maximum Gasteiger partial charge on any atom is 0.119 e. The monoisotopic (exact) mass is 259 g/mol. The van der Waals surface area contributed by atoms with Crippen molar-refractivity contribution in [1.82, 2.24) is 0 Å². The van der Waals surface area contributed by atoms with Gasteiger partial charge >= 0.3 is 0 Å². The lowest BCUT2D eigenvalue weighted by Crippen LogP contribution is -1.84. The van der Waals surface area contributed by atoms with Gasteiger partial charge in [-0.1, -0.05) is 30.3 Å². The van der Waals surface area contributed by atoms with Crippen molar-refractivity contribution in [1.29, 1.82) is 5.26 Å². The molecule has 0 aliphatic carbocycles. The normalized spacial score (nSPS) is 10.2. The van der Waals surface area contributed by atoms with Gasteiger partial charge < -0.3 is 4.74 Å². The summed E-state index contributed by atoms with van der Waals surface area (Å²) in [5.41, 5.74) is 2.95. The molecule has 2 nitrogen and oxygen atoms in total. The average Bonchev–Trinajstić information content (AvgIpc) is 2.54. The molecule has 0 aliphatic heterocycles. The fraction of sp³-hybridized carbons (Fsp3) is 0.0556. The van der Waals surface area contributed by atoms with Crippen LogP contribution in [0, 0.1) is 11.3 Å². The van der Waals surface area contributed by atoms with Crippen molar-refractivity contribution in [3.8, 4) is 22.9 Å². The molecule has 20 heavy (non-hydrogen) atoms. The van der Waals surface area contributed by atoms with Gasteiger partial charge in [0.15, 0.2) is 0 Å². The molecule has 3 aromatic rings. The van der Waals surface area contributed by atoms with Crippen LogP contribution in [0.5, 0.6) is 5.75 Å². The van der Waals surface area contributed by atoms with Crippen LogP contribution in [0.1, 0.15) is 5.56 Å². The second-order valence-corrected chi connectivity index (χ2v) is 4.62. The minimum absolute atomic E-state index is 0.687. The number of ether oxygens (including phenoxy) is 1. The van der Waals surface area contributed by atoms with E-state index in [0.29, 0.717) is 5.56 Å². The number of hydrogen-bond donors (Lipinski definition) is 0. The van der Waals surface area contributed by atoms with E-state index in [1.54, 1.807) is 7.11 Å². The molecule has 0 unspecified atom stereocenters. The van der Waals surface area contributed by atoms with E-state index in [-0.39, 0.29) is 0 Å². The van der Waals surface area contributed by atoms with Crippen LogP contribution in [0.2, 0.25) is 0 Å². The Labute approximate surface area is 117 Å². The zero-order chi connectivity index (χ0) is 13.9. The first-order valence-electron chi connectivity index (χ1n) is 6.38. The summed E-state index contributed by atoms with van der Waals surface area (Å²) in [5, 5.41) is 11.1. The minimum Gasteiger partial charge on any atom is -0.497 e. The summed E-state index contributed by atoms with van der Waals surface area (Å²) >= 11 is 0. The van der Waals surface area contributed by atoms with Gasteiger partial charge in [-0.25, -0.2) is 0 Å². The van der Waals surface area contributed by atoms with Crippen LogP contribution in [0.25, 0.3) is 21.9 Å². The van der Waals surface area contributed by atoms with Gasteiger partial charge in [-0.15, -0.1) is 0 Å². The first-order chi connectivity index (χ1) is 9.80. The predicted octanol–water partition coefficient (Wildman–Crippen LogP) is 4.39. The van der Waals surface area contributed by atoms with Crippen LogP contribution in [0.3, 0.4) is 0 Å². The molecule has 0 fully saturated rings. The van der Waals surface area contributed by atoms with E-state index in [4.69, 9.17) is 10.00 Å². The second kappa shape index (κ2) is 5.07. The highest BCUT2D eigenvalue weighted by Crippen LogP contribution is 2.27. The Hall–Kier alpha value is -2.79. The van der Waals surface area contributed by atoms with Gasteiger partial charge in [-0.3, -0.25) is 0 Å². The maximum absolute atomic E-state index is 8.92. The van der Waals surface area contributed by atoms with E-state index in [1.807, 2.05) is 42.5 Å². The summed E-state index contributed by atoms with van der Waals surface area (Å²) in [6.07, 6.45) is 0. The SMILES string of the molecule is COc1cccc(-c2ccc3cc(C#N)ccc3c2)c1. The highest BCUT2D eigenvalue weighted by atomic mass is 16.5. The van der Waals surface area contributed by atoms with Crippen LogP contribution >= 0.6 is 0 Å². The van der Waals surface area contributed by atoms with Crippen LogP contribution in [0.4, 0.5) is 0 Å². The van der Waals surface area contributed by atoms with Crippen LogP contribution in [-0.2, 0) is 0 Å². The highest BCUT2D eigenvalue weighted by Gasteiger charge is 2.02. The number of fused-ring (bicyclic) bond motifs is 1. The number of hydrogen-bond acceptors (Lipinski definition) is 2. The summed E-state index contributed by atoms with van der Waals surface area (Å²) < 4.78 is 5.26. The standard InChI is InChI=1S/C18H13NO/c1-20-18-4-2-3-14(11-18)17-8-7-15-9-13(12-19)5-6-16(15)10-17/h2-11H,1H3. The van der Waals surface area contributed by atoms with Gasteiger partial charge in [0.2, 0.25) is 0 Å². The molecule has 0 saturated heterocycles. The van der Waals surface area contributed by atoms with Crippen LogP contribution < -0.4 is 4.74 Å². The molecule has 0 aromatic heterocycles. The molecule has 3 aromatic carbocycles. The number of rotatable bonds is 2. The lowest BCUT2D eigenvalue weighted by atomic mass is 10.00. The van der Waals surface area contributed by atoms with Crippen molar-refractivity contribution in [2.45, 2.75) is 0 Å². The van der Waals surface area contributed by atoms with Crippen molar-refractivity contribution in [3.05, 3.63) is 66.2 Å². The molecular formula is C18H13NO. The summed E-state index contributed by atoms with van der Waals surface area (Å²) in [6.45, 7) is 0. The zero-order valence-corrected chi connectivity index (χ0v) is 11.1. The van der Waals surface area contributed by atoms with Gasteiger partial charge in [0.25, 0.3) is 0 Å². The number of nitrogens with zero attached hydrogens (tertiary/aromatic N) is 1. The zero-order valence-electron chi connectivity index (χ0n) is 11.1. The number of methoxy groups -OCH3 is 1. The number of benzene rings is 3. The Kier molecular flexibility index (Phi) is 3.10. The third kappa shape index (κ3) is 2.22. The second-order valence-electron chi connectivity index (χ2n) is 4.62. The smallest absolute Gasteiger partial charge is 0.119 e. The van der Waals surface area contributed by atoms with Crippen molar-refractivity contribution < 1.29 is 4.74 Å². The summed E-state index contributed by atoms with van der Waals surface area (Å²) in [4.78, 5) is 0. The van der Waals surface area contributed by atoms with Crippen molar-refractivity contribution in [2.24, 2.45) is 0 Å². The quantitative estimate of drug-likeness (QED) is 0.684. The van der Waals surface area contributed by atoms with E-state index in [1.165, 1.54) is 0 Å². The molecule has 0 spiro atoms. The van der Waals surface area contributed by atoms with E-state index in [2.05, 4.69) is 24.3 Å². The van der Waals surface area contributed by atoms with E-state index in [0.717, 1.165) is 27.6 Å². The van der Waals surface area contributed by atoms with Gasteiger partial charge in [-0.2, -0.15) is 5.26 Å². The van der Waals surface area contributed by atoms with Crippen molar-refractivity contribution in [3.63, 3.8) is 0 Å². The van der Waals surface area contributed by atoms with Gasteiger partial charge in [0, 0.05) is 0 Å². The van der Waals surface area contributed by atoms with Gasteiger partial charge in [0.1, 0.15) is 5.75 Å². The fourth-order valence-corrected chi connectivity index (χ4v) is 2.30. The van der Waals surface area contributed by atoms with Crippen molar-refractivity contribution >= 4 is 10.8 Å². The summed E-state index contributed by atoms with van der Waals surface area (Å²) in [5.74, 6) is 0.849.